The fourth-order valence-corrected chi connectivity index (χ4v) is 2.04. The Bertz CT molecular complexity index is 609. The normalized spacial score (nSPS) is 11.5. The first kappa shape index (κ1) is 16.0. The van der Waals surface area contributed by atoms with Crippen molar-refractivity contribution in [1.29, 1.82) is 0 Å². The minimum atomic E-state index is -4.49. The van der Waals surface area contributed by atoms with Crippen LogP contribution < -0.4 is 4.74 Å². The Morgan fingerprint density at radius 1 is 0.952 bits per heavy atom. The molecule has 0 aliphatic carbocycles. The number of hydrogen-bond donors (Lipinski definition) is 0. The van der Waals surface area contributed by atoms with Crippen molar-refractivity contribution in [3.8, 4) is 5.75 Å². The van der Waals surface area contributed by atoms with Crippen LogP contribution in [-0.2, 0) is 18.7 Å². The van der Waals surface area contributed by atoms with Crippen LogP contribution in [0.1, 0.15) is 16.7 Å². The summed E-state index contributed by atoms with van der Waals surface area (Å²) >= 11 is 11.3. The Morgan fingerprint density at radius 2 is 1.57 bits per heavy atom. The highest BCUT2D eigenvalue weighted by Crippen LogP contribution is 2.37. The molecule has 0 saturated carbocycles. The average molecular weight is 335 g/mol. The highest BCUT2D eigenvalue weighted by atomic mass is 35.5. The van der Waals surface area contributed by atoms with Gasteiger partial charge in [0.25, 0.3) is 0 Å². The number of alkyl halides is 4. The summed E-state index contributed by atoms with van der Waals surface area (Å²) in [5.74, 6) is -0.202. The van der Waals surface area contributed by atoms with Gasteiger partial charge in [-0.25, -0.2) is 0 Å². The van der Waals surface area contributed by atoms with Gasteiger partial charge in [-0.2, -0.15) is 13.2 Å². The van der Waals surface area contributed by atoms with Gasteiger partial charge in [0.05, 0.1) is 5.56 Å². The summed E-state index contributed by atoms with van der Waals surface area (Å²) in [4.78, 5) is 0. The van der Waals surface area contributed by atoms with E-state index in [1.807, 2.05) is 0 Å². The van der Waals surface area contributed by atoms with Gasteiger partial charge in [0.15, 0.2) is 0 Å². The molecule has 1 nitrogen and oxygen atoms in total. The molecular formula is C15H11Cl2F3O. The third kappa shape index (κ3) is 4.29. The van der Waals surface area contributed by atoms with Crippen molar-refractivity contribution in [2.45, 2.75) is 18.7 Å². The molecule has 0 bridgehead atoms. The Kier molecular flexibility index (Phi) is 5.01. The Morgan fingerprint density at radius 3 is 2.14 bits per heavy atom. The third-order valence-corrected chi connectivity index (χ3v) is 3.37. The molecule has 2 aromatic rings. The number of benzene rings is 2. The smallest absolute Gasteiger partial charge is 0.419 e. The van der Waals surface area contributed by atoms with Gasteiger partial charge >= 0.3 is 6.18 Å². The molecule has 0 aliphatic heterocycles. The maximum Gasteiger partial charge on any atom is 0.419 e. The molecule has 0 aromatic heterocycles. The summed E-state index contributed by atoms with van der Waals surface area (Å²) in [6.07, 6.45) is -4.49. The van der Waals surface area contributed by atoms with Crippen molar-refractivity contribution >= 4 is 23.2 Å². The van der Waals surface area contributed by atoms with Crippen LogP contribution >= 0.6 is 23.2 Å². The van der Waals surface area contributed by atoms with Crippen LogP contribution in [0.5, 0.6) is 5.75 Å². The highest BCUT2D eigenvalue weighted by molar-refractivity contribution is 6.30. The fraction of sp³-hybridized carbons (Fsp3) is 0.200. The first-order valence-electron chi connectivity index (χ1n) is 6.03. The summed E-state index contributed by atoms with van der Waals surface area (Å²) in [6, 6.07) is 10.5. The van der Waals surface area contributed by atoms with Crippen LogP contribution in [0.3, 0.4) is 0 Å². The number of ether oxygens (including phenoxy) is 1. The summed E-state index contributed by atoms with van der Waals surface area (Å²) in [7, 11) is 0. The average Bonchev–Trinajstić information content (AvgIpc) is 2.45. The Labute approximate surface area is 130 Å². The van der Waals surface area contributed by atoms with Gasteiger partial charge in [-0.05, 0) is 35.4 Å². The summed E-state index contributed by atoms with van der Waals surface area (Å²) in [5.41, 5.74) is 0.298. The van der Waals surface area contributed by atoms with Crippen molar-refractivity contribution in [3.05, 3.63) is 64.2 Å². The van der Waals surface area contributed by atoms with E-state index in [0.717, 1.165) is 11.6 Å². The topological polar surface area (TPSA) is 9.23 Å². The van der Waals surface area contributed by atoms with Gasteiger partial charge < -0.3 is 4.74 Å². The Hall–Kier alpha value is -1.39. The molecule has 0 atom stereocenters. The molecule has 0 unspecified atom stereocenters. The molecule has 0 radical (unpaired) electrons. The highest BCUT2D eigenvalue weighted by Gasteiger charge is 2.34. The van der Waals surface area contributed by atoms with E-state index in [-0.39, 0.29) is 18.2 Å². The number of halogens is 5. The molecule has 0 fully saturated rings. The van der Waals surface area contributed by atoms with Gasteiger partial charge in [-0.3, -0.25) is 0 Å². The minimum absolute atomic E-state index is 0.0144. The first-order valence-corrected chi connectivity index (χ1v) is 6.94. The molecule has 21 heavy (non-hydrogen) atoms. The van der Waals surface area contributed by atoms with Crippen molar-refractivity contribution in [2.24, 2.45) is 0 Å². The summed E-state index contributed by atoms with van der Waals surface area (Å²) in [5, 5.41) is 0.557. The van der Waals surface area contributed by atoms with Gasteiger partial charge in [0.2, 0.25) is 0 Å². The van der Waals surface area contributed by atoms with E-state index in [0.29, 0.717) is 10.6 Å². The first-order chi connectivity index (χ1) is 9.90. The molecule has 0 saturated heterocycles. The predicted molar refractivity (Wildman–Crippen MR) is 76.8 cm³/mol. The molecule has 2 rings (SSSR count). The lowest BCUT2D eigenvalue weighted by atomic mass is 10.1. The van der Waals surface area contributed by atoms with Crippen molar-refractivity contribution in [3.63, 3.8) is 0 Å². The second-order valence-corrected chi connectivity index (χ2v) is 5.08. The molecule has 0 N–H and O–H groups in total. The van der Waals surface area contributed by atoms with Gasteiger partial charge in [0.1, 0.15) is 12.4 Å². The quantitative estimate of drug-likeness (QED) is 0.654. The van der Waals surface area contributed by atoms with Crippen molar-refractivity contribution in [2.75, 3.05) is 0 Å². The van der Waals surface area contributed by atoms with Crippen molar-refractivity contribution < 1.29 is 17.9 Å². The van der Waals surface area contributed by atoms with Gasteiger partial charge in [-0.1, -0.05) is 29.8 Å². The zero-order chi connectivity index (χ0) is 15.5. The molecule has 2 aromatic carbocycles. The van der Waals surface area contributed by atoms with E-state index in [1.54, 1.807) is 24.3 Å². The molecule has 0 aliphatic rings. The van der Waals surface area contributed by atoms with Crippen LogP contribution in [0, 0.1) is 0 Å². The lowest BCUT2D eigenvalue weighted by Gasteiger charge is -2.15. The van der Waals surface area contributed by atoms with E-state index in [2.05, 4.69) is 0 Å². The molecule has 0 heterocycles. The minimum Gasteiger partial charge on any atom is -0.488 e. The van der Waals surface area contributed by atoms with Crippen molar-refractivity contribution in [1.82, 2.24) is 0 Å². The van der Waals surface area contributed by atoms with E-state index in [1.165, 1.54) is 12.1 Å². The fourth-order valence-electron chi connectivity index (χ4n) is 1.75. The Balaban J connectivity index is 2.21. The van der Waals surface area contributed by atoms with Crippen LogP contribution in [0.2, 0.25) is 5.02 Å². The van der Waals surface area contributed by atoms with Gasteiger partial charge in [-0.15, -0.1) is 11.6 Å². The zero-order valence-electron chi connectivity index (χ0n) is 10.8. The SMILES string of the molecule is FC(F)(F)c1cc(CCl)ccc1OCc1ccc(Cl)cc1. The van der Waals surface area contributed by atoms with Crippen LogP contribution in [0.4, 0.5) is 13.2 Å². The molecular weight excluding hydrogens is 324 g/mol. The third-order valence-electron chi connectivity index (χ3n) is 2.81. The van der Waals surface area contributed by atoms with Crippen LogP contribution in [0.25, 0.3) is 0 Å². The van der Waals surface area contributed by atoms with E-state index >= 15 is 0 Å². The second-order valence-electron chi connectivity index (χ2n) is 4.38. The summed E-state index contributed by atoms with van der Waals surface area (Å²) < 4.78 is 44.3. The second kappa shape index (κ2) is 6.58. The van der Waals surface area contributed by atoms with Gasteiger partial charge in [0, 0.05) is 10.9 Å². The summed E-state index contributed by atoms with van der Waals surface area (Å²) in [6.45, 7) is 0.0282. The standard InChI is InChI=1S/C15H11Cl2F3O/c16-8-11-3-6-14(13(7-11)15(18,19)20)21-9-10-1-4-12(17)5-2-10/h1-7H,8-9H2. The maximum atomic E-state index is 13.0. The van der Waals surface area contributed by atoms with Crippen LogP contribution in [-0.4, -0.2) is 0 Å². The molecule has 0 spiro atoms. The number of rotatable bonds is 4. The molecule has 0 amide bonds. The lowest BCUT2D eigenvalue weighted by Crippen LogP contribution is -2.09. The largest absolute Gasteiger partial charge is 0.488 e. The predicted octanol–water partition coefficient (Wildman–Crippen LogP) is 5.68. The molecule has 112 valence electrons. The lowest BCUT2D eigenvalue weighted by molar-refractivity contribution is -0.139. The number of hydrogen-bond acceptors (Lipinski definition) is 1. The molecule has 6 heteroatoms. The maximum absolute atomic E-state index is 13.0. The monoisotopic (exact) mass is 334 g/mol. The van der Waals surface area contributed by atoms with E-state index < -0.39 is 11.7 Å². The zero-order valence-corrected chi connectivity index (χ0v) is 12.3. The van der Waals surface area contributed by atoms with E-state index in [4.69, 9.17) is 27.9 Å². The van der Waals surface area contributed by atoms with E-state index in [9.17, 15) is 13.2 Å². The van der Waals surface area contributed by atoms with Crippen LogP contribution in [0.15, 0.2) is 42.5 Å².